The molecule has 0 fully saturated rings. The van der Waals surface area contributed by atoms with E-state index in [-0.39, 0.29) is 17.4 Å². The van der Waals surface area contributed by atoms with Gasteiger partial charge in [0.05, 0.1) is 16.0 Å². The van der Waals surface area contributed by atoms with Crippen LogP contribution in [0.1, 0.15) is 58.1 Å². The van der Waals surface area contributed by atoms with E-state index in [1.54, 1.807) is 39.0 Å². The molecule has 0 aliphatic carbocycles. The van der Waals surface area contributed by atoms with E-state index in [1.807, 2.05) is 6.92 Å². The lowest BCUT2D eigenvalue weighted by atomic mass is 9.88. The Morgan fingerprint density at radius 3 is 2.37 bits per heavy atom. The first-order valence-corrected chi connectivity index (χ1v) is 13.2. The van der Waals surface area contributed by atoms with E-state index in [1.165, 1.54) is 13.2 Å². The van der Waals surface area contributed by atoms with Crippen LogP contribution in [-0.2, 0) is 26.9 Å². The molecule has 2 rings (SSSR count). The third-order valence-electron chi connectivity index (χ3n) is 5.37. The number of hydrogen-bond acceptors (Lipinski definition) is 6. The van der Waals surface area contributed by atoms with Crippen molar-refractivity contribution in [1.29, 1.82) is 0 Å². The number of carbonyl (C=O) groups excluding carboxylic acids is 2. The molecule has 0 radical (unpaired) electrons. The smallest absolute Gasteiger partial charge is 0.416 e. The van der Waals surface area contributed by atoms with E-state index < -0.39 is 29.0 Å². The highest BCUT2D eigenvalue weighted by Gasteiger charge is 2.33. The molecule has 0 aliphatic heterocycles. The predicted octanol–water partition coefficient (Wildman–Crippen LogP) is 7.69. The van der Waals surface area contributed by atoms with Crippen LogP contribution in [0.25, 0.3) is 0 Å². The molecule has 1 N–H and O–H groups in total. The zero-order valence-electron chi connectivity index (χ0n) is 22.0. The van der Waals surface area contributed by atoms with Crippen molar-refractivity contribution in [3.05, 3.63) is 52.5 Å². The average Bonchev–Trinajstić information content (AvgIpc) is 2.80. The molecule has 38 heavy (non-hydrogen) atoms. The lowest BCUT2D eigenvalue weighted by molar-refractivity contribution is -0.137. The van der Waals surface area contributed by atoms with Gasteiger partial charge in [-0.25, -0.2) is 4.79 Å². The summed E-state index contributed by atoms with van der Waals surface area (Å²) in [7, 11) is 1.41. The Labute approximate surface area is 230 Å². The molecule has 11 heteroatoms. The topological polar surface area (TPSA) is 73.9 Å². The van der Waals surface area contributed by atoms with E-state index in [0.29, 0.717) is 35.6 Å². The number of alkyl carbamates (subject to hydrolysis) is 1. The van der Waals surface area contributed by atoms with Gasteiger partial charge in [0.25, 0.3) is 0 Å². The summed E-state index contributed by atoms with van der Waals surface area (Å²) in [6.45, 7) is 7.00. The monoisotopic (exact) mass is 575 g/mol. The van der Waals surface area contributed by atoms with Gasteiger partial charge in [-0.15, -0.1) is 0 Å². The van der Waals surface area contributed by atoms with Gasteiger partial charge >= 0.3 is 12.3 Å². The van der Waals surface area contributed by atoms with Crippen LogP contribution < -0.4 is 10.1 Å². The third-order valence-corrected chi connectivity index (χ3v) is 6.75. The lowest BCUT2D eigenvalue weighted by Gasteiger charge is -2.31. The number of amides is 1. The molecule has 1 amide bonds. The maximum absolute atomic E-state index is 13.3. The molecule has 0 aromatic heterocycles. The number of alkyl halides is 3. The van der Waals surface area contributed by atoms with E-state index in [2.05, 4.69) is 5.32 Å². The van der Waals surface area contributed by atoms with Crippen LogP contribution >= 0.6 is 23.4 Å². The highest BCUT2D eigenvalue weighted by molar-refractivity contribution is 7.99. The first kappa shape index (κ1) is 31.8. The van der Waals surface area contributed by atoms with Crippen molar-refractivity contribution >= 4 is 35.7 Å². The molecule has 0 bridgehead atoms. The highest BCUT2D eigenvalue weighted by atomic mass is 35.5. The molecule has 210 valence electrons. The van der Waals surface area contributed by atoms with Crippen molar-refractivity contribution in [2.24, 2.45) is 0 Å². The van der Waals surface area contributed by atoms with Crippen molar-refractivity contribution in [3.8, 4) is 5.75 Å². The van der Waals surface area contributed by atoms with Crippen molar-refractivity contribution < 1.29 is 37.0 Å². The summed E-state index contributed by atoms with van der Waals surface area (Å²) >= 11 is 7.59. The number of rotatable bonds is 12. The number of nitrogens with one attached hydrogen (secondary N) is 1. The SMILES string of the molecule is CCCC(C=O)(CCc1ccc(Sc2cc(C(F)(F)F)ccc2OCOC)cc1Cl)NC(=O)OC(C)(C)C. The molecule has 1 unspecified atom stereocenters. The Morgan fingerprint density at radius 2 is 1.82 bits per heavy atom. The number of carbonyl (C=O) groups is 2. The van der Waals surface area contributed by atoms with Crippen molar-refractivity contribution in [2.75, 3.05) is 13.9 Å². The van der Waals surface area contributed by atoms with Gasteiger partial charge in [0.15, 0.2) is 6.79 Å². The first-order valence-electron chi connectivity index (χ1n) is 12.0. The van der Waals surface area contributed by atoms with Crippen LogP contribution in [0.5, 0.6) is 5.75 Å². The number of aryl methyl sites for hydroxylation is 1. The third kappa shape index (κ3) is 9.71. The maximum atomic E-state index is 13.3. The molecule has 0 saturated heterocycles. The summed E-state index contributed by atoms with van der Waals surface area (Å²) in [5.74, 6) is 0.244. The summed E-state index contributed by atoms with van der Waals surface area (Å²) in [5.41, 5.74) is -1.91. The van der Waals surface area contributed by atoms with E-state index >= 15 is 0 Å². The predicted molar refractivity (Wildman–Crippen MR) is 141 cm³/mol. The zero-order chi connectivity index (χ0) is 28.6. The molecule has 2 aromatic carbocycles. The fraction of sp³-hybridized carbons (Fsp3) is 0.481. The normalized spacial score (nSPS) is 13.5. The second-order valence-electron chi connectivity index (χ2n) is 9.72. The molecular weight excluding hydrogens is 543 g/mol. The summed E-state index contributed by atoms with van der Waals surface area (Å²) in [4.78, 5) is 25.3. The summed E-state index contributed by atoms with van der Waals surface area (Å²) in [6.07, 6.45) is -2.71. The Bertz CT molecular complexity index is 1110. The van der Waals surface area contributed by atoms with Crippen LogP contribution in [0, 0.1) is 0 Å². The second-order valence-corrected chi connectivity index (χ2v) is 11.2. The number of ether oxygens (including phenoxy) is 3. The van der Waals surface area contributed by atoms with Crippen molar-refractivity contribution in [3.63, 3.8) is 0 Å². The van der Waals surface area contributed by atoms with E-state index in [0.717, 1.165) is 35.7 Å². The van der Waals surface area contributed by atoms with Crippen LogP contribution in [0.15, 0.2) is 46.2 Å². The Balaban J connectivity index is 2.23. The Kier molecular flexibility index (Phi) is 11.4. The zero-order valence-corrected chi connectivity index (χ0v) is 23.6. The molecule has 0 saturated carbocycles. The van der Waals surface area contributed by atoms with E-state index in [4.69, 9.17) is 25.8 Å². The van der Waals surface area contributed by atoms with Gasteiger partial charge in [-0.05, 0) is 75.9 Å². The summed E-state index contributed by atoms with van der Waals surface area (Å²) in [5, 5.41) is 3.10. The van der Waals surface area contributed by atoms with Gasteiger partial charge in [-0.1, -0.05) is 42.8 Å². The number of hydrogen-bond donors (Lipinski definition) is 1. The van der Waals surface area contributed by atoms with Gasteiger partial charge in [-0.3, -0.25) is 0 Å². The Morgan fingerprint density at radius 1 is 1.11 bits per heavy atom. The van der Waals surface area contributed by atoms with Gasteiger partial charge in [-0.2, -0.15) is 13.2 Å². The van der Waals surface area contributed by atoms with Crippen LogP contribution in [0.4, 0.5) is 18.0 Å². The van der Waals surface area contributed by atoms with Gasteiger partial charge in [0, 0.05) is 17.0 Å². The average molecular weight is 576 g/mol. The van der Waals surface area contributed by atoms with Crippen molar-refractivity contribution in [1.82, 2.24) is 5.32 Å². The van der Waals surface area contributed by atoms with Crippen LogP contribution in [-0.4, -0.2) is 37.4 Å². The minimum absolute atomic E-state index is 0.119. The molecule has 2 aromatic rings. The second kappa shape index (κ2) is 13.6. The standard InChI is InChI=1S/C27H33ClF3NO5S/c1-6-12-26(16-33,32-24(34)37-25(2,3)4)13-11-18-7-9-20(15-21(18)28)38-23-14-19(27(29,30)31)8-10-22(23)36-17-35-5/h7-10,14-16H,6,11-13,17H2,1-5H3,(H,32,34). The minimum Gasteiger partial charge on any atom is -0.466 e. The number of benzene rings is 2. The van der Waals surface area contributed by atoms with E-state index in [9.17, 15) is 22.8 Å². The van der Waals surface area contributed by atoms with Gasteiger partial charge in [0.1, 0.15) is 17.6 Å². The maximum Gasteiger partial charge on any atom is 0.416 e. The van der Waals surface area contributed by atoms with Crippen LogP contribution in [0.2, 0.25) is 5.02 Å². The summed E-state index contributed by atoms with van der Waals surface area (Å²) in [6, 6.07) is 8.35. The van der Waals surface area contributed by atoms with Crippen molar-refractivity contribution in [2.45, 2.75) is 80.5 Å². The minimum atomic E-state index is -4.51. The van der Waals surface area contributed by atoms with Gasteiger partial charge in [0.2, 0.25) is 0 Å². The molecule has 0 spiro atoms. The Hall–Kier alpha value is -2.43. The van der Waals surface area contributed by atoms with Gasteiger partial charge < -0.3 is 24.3 Å². The first-order chi connectivity index (χ1) is 17.7. The molecule has 6 nitrogen and oxygen atoms in total. The molecule has 0 heterocycles. The molecular formula is C27H33ClF3NO5S. The largest absolute Gasteiger partial charge is 0.466 e. The number of aldehydes is 1. The fourth-order valence-corrected chi connectivity index (χ4v) is 4.96. The quantitative estimate of drug-likeness (QED) is 0.207. The molecule has 0 aliphatic rings. The van der Waals surface area contributed by atoms with Crippen LogP contribution in [0.3, 0.4) is 0 Å². The highest BCUT2D eigenvalue weighted by Crippen LogP contribution is 2.41. The molecule has 1 atom stereocenters. The number of methoxy groups -OCH3 is 1. The number of halogens is 4. The fourth-order valence-electron chi connectivity index (χ4n) is 3.64. The summed E-state index contributed by atoms with van der Waals surface area (Å²) < 4.78 is 55.5. The lowest BCUT2D eigenvalue weighted by Crippen LogP contribution is -2.51.